The molecule has 2 aromatic carbocycles. The molecule has 10 nitrogen and oxygen atoms in total. The van der Waals surface area contributed by atoms with Crippen LogP contribution < -0.4 is 5.69 Å². The van der Waals surface area contributed by atoms with E-state index in [4.69, 9.17) is 0 Å². The van der Waals surface area contributed by atoms with E-state index in [9.17, 15) is 23.3 Å². The van der Waals surface area contributed by atoms with Gasteiger partial charge in [-0.1, -0.05) is 24.3 Å². The number of nitro groups is 1. The molecule has 168 valence electrons. The Morgan fingerprint density at radius 1 is 1.09 bits per heavy atom. The van der Waals surface area contributed by atoms with Gasteiger partial charge in [-0.15, -0.1) is 0 Å². The Labute approximate surface area is 184 Å². The van der Waals surface area contributed by atoms with Gasteiger partial charge >= 0.3 is 5.69 Å². The van der Waals surface area contributed by atoms with Crippen LogP contribution in [-0.2, 0) is 17.1 Å². The van der Waals surface area contributed by atoms with Crippen molar-refractivity contribution in [2.75, 3.05) is 13.1 Å². The summed E-state index contributed by atoms with van der Waals surface area (Å²) < 4.78 is 30.6. The van der Waals surface area contributed by atoms with Crippen molar-refractivity contribution >= 4 is 15.7 Å². The van der Waals surface area contributed by atoms with Crippen LogP contribution in [0.15, 0.2) is 58.2 Å². The Morgan fingerprint density at radius 3 is 2.38 bits per heavy atom. The lowest BCUT2D eigenvalue weighted by Gasteiger charge is -2.31. The summed E-state index contributed by atoms with van der Waals surface area (Å²) in [4.78, 5) is 23.1. The highest BCUT2D eigenvalue weighted by Crippen LogP contribution is 2.32. The normalized spacial score (nSPS) is 15.7. The molecule has 0 radical (unpaired) electrons. The Bertz CT molecular complexity index is 1320. The van der Waals surface area contributed by atoms with Crippen LogP contribution in [0.3, 0.4) is 0 Å². The highest BCUT2D eigenvalue weighted by molar-refractivity contribution is 7.89. The van der Waals surface area contributed by atoms with E-state index in [1.54, 1.807) is 18.5 Å². The molecule has 0 amide bonds. The second-order valence-corrected chi connectivity index (χ2v) is 9.73. The van der Waals surface area contributed by atoms with Crippen molar-refractivity contribution in [1.82, 2.24) is 18.7 Å². The monoisotopic (exact) mass is 457 g/mol. The Morgan fingerprint density at radius 2 is 1.75 bits per heavy atom. The predicted octanol–water partition coefficient (Wildman–Crippen LogP) is 2.36. The van der Waals surface area contributed by atoms with Gasteiger partial charge in [0.25, 0.3) is 5.69 Å². The van der Waals surface area contributed by atoms with Gasteiger partial charge < -0.3 is 0 Å². The second kappa shape index (κ2) is 8.32. The molecular formula is C21H23N5O5S. The van der Waals surface area contributed by atoms with Crippen LogP contribution in [0.2, 0.25) is 0 Å². The number of hydrogen-bond donors (Lipinski definition) is 0. The molecule has 4 rings (SSSR count). The Balaban J connectivity index is 1.60. The van der Waals surface area contributed by atoms with E-state index in [1.165, 1.54) is 21.1 Å². The molecule has 0 aliphatic carbocycles. The van der Waals surface area contributed by atoms with E-state index >= 15 is 0 Å². The van der Waals surface area contributed by atoms with Crippen LogP contribution in [0, 0.1) is 17.0 Å². The predicted molar refractivity (Wildman–Crippen MR) is 117 cm³/mol. The number of rotatable bonds is 5. The van der Waals surface area contributed by atoms with Crippen molar-refractivity contribution in [3.05, 3.63) is 80.5 Å². The lowest BCUT2D eigenvalue weighted by molar-refractivity contribution is -0.385. The molecule has 1 aliphatic rings. The van der Waals surface area contributed by atoms with Crippen molar-refractivity contribution in [3.63, 3.8) is 0 Å². The first-order valence-electron chi connectivity index (χ1n) is 10.2. The van der Waals surface area contributed by atoms with E-state index in [1.807, 2.05) is 30.3 Å². The van der Waals surface area contributed by atoms with E-state index < -0.39 is 14.9 Å². The fourth-order valence-electron chi connectivity index (χ4n) is 4.04. The lowest BCUT2D eigenvalue weighted by atomic mass is 9.97. The number of piperidine rings is 1. The smallest absolute Gasteiger partial charge is 0.258 e. The van der Waals surface area contributed by atoms with Crippen LogP contribution in [0.5, 0.6) is 0 Å². The van der Waals surface area contributed by atoms with E-state index in [-0.39, 0.29) is 35.3 Å². The molecule has 2 heterocycles. The van der Waals surface area contributed by atoms with E-state index in [0.717, 1.165) is 6.07 Å². The minimum atomic E-state index is -3.88. The summed E-state index contributed by atoms with van der Waals surface area (Å²) in [5.41, 5.74) is 0.654. The molecule has 1 fully saturated rings. The first kappa shape index (κ1) is 21.9. The minimum absolute atomic E-state index is 0.0517. The van der Waals surface area contributed by atoms with Crippen molar-refractivity contribution in [1.29, 1.82) is 0 Å². The quantitative estimate of drug-likeness (QED) is 0.428. The maximum Gasteiger partial charge on any atom is 0.350 e. The van der Waals surface area contributed by atoms with E-state index in [0.29, 0.717) is 29.9 Å². The molecule has 3 aromatic rings. The van der Waals surface area contributed by atoms with E-state index in [2.05, 4.69) is 5.10 Å². The van der Waals surface area contributed by atoms with Crippen molar-refractivity contribution in [2.24, 2.45) is 7.05 Å². The molecule has 0 saturated carbocycles. The average molecular weight is 458 g/mol. The highest BCUT2D eigenvalue weighted by Gasteiger charge is 2.34. The standard InChI is InChI=1S/C21H23N5O5S/c1-15-8-9-18(26(28)29)14-19(15)32(30,31)24-12-10-16(11-13-24)20-22-23(2)21(27)25(20)17-6-4-3-5-7-17/h3-9,14,16H,10-13H2,1-2H3. The van der Waals surface area contributed by atoms with Crippen LogP contribution in [0.4, 0.5) is 5.69 Å². The molecular weight excluding hydrogens is 434 g/mol. The molecule has 0 unspecified atom stereocenters. The van der Waals surface area contributed by atoms with Gasteiger partial charge in [0.2, 0.25) is 10.0 Å². The van der Waals surface area contributed by atoms with Gasteiger partial charge in [0.1, 0.15) is 5.82 Å². The van der Waals surface area contributed by atoms with Crippen LogP contribution in [0.25, 0.3) is 5.69 Å². The largest absolute Gasteiger partial charge is 0.350 e. The molecule has 11 heteroatoms. The number of nitro benzene ring substituents is 1. The average Bonchev–Trinajstić information content (AvgIpc) is 3.08. The van der Waals surface area contributed by atoms with Crippen LogP contribution in [0.1, 0.15) is 30.1 Å². The summed E-state index contributed by atoms with van der Waals surface area (Å²) in [5.74, 6) is 0.508. The second-order valence-electron chi connectivity index (χ2n) is 7.82. The minimum Gasteiger partial charge on any atom is -0.258 e. The number of nitrogens with zero attached hydrogens (tertiary/aromatic N) is 5. The molecule has 32 heavy (non-hydrogen) atoms. The Hall–Kier alpha value is -3.31. The fourth-order valence-corrected chi connectivity index (χ4v) is 5.76. The van der Waals surface area contributed by atoms with Gasteiger partial charge in [0.15, 0.2) is 0 Å². The van der Waals surface area contributed by atoms with Gasteiger partial charge in [-0.2, -0.15) is 9.40 Å². The number of para-hydroxylation sites is 1. The molecule has 0 atom stereocenters. The third-order valence-electron chi connectivity index (χ3n) is 5.78. The summed E-state index contributed by atoms with van der Waals surface area (Å²) in [6.45, 7) is 2.08. The SMILES string of the molecule is Cc1ccc([N+](=O)[O-])cc1S(=O)(=O)N1CCC(c2nn(C)c(=O)n2-c2ccccc2)CC1. The van der Waals surface area contributed by atoms with Crippen molar-refractivity contribution in [3.8, 4) is 5.69 Å². The van der Waals surface area contributed by atoms with Crippen molar-refractivity contribution < 1.29 is 13.3 Å². The summed E-state index contributed by atoms with van der Waals surface area (Å²) in [6.07, 6.45) is 0.965. The number of sulfonamides is 1. The van der Waals surface area contributed by atoms with Crippen molar-refractivity contribution in [2.45, 2.75) is 30.6 Å². The zero-order valence-electron chi connectivity index (χ0n) is 17.7. The lowest BCUT2D eigenvalue weighted by Crippen LogP contribution is -2.38. The molecule has 0 bridgehead atoms. The summed E-state index contributed by atoms with van der Waals surface area (Å²) in [6, 6.07) is 13.1. The first-order valence-corrected chi connectivity index (χ1v) is 11.6. The molecule has 1 aliphatic heterocycles. The van der Waals surface area contributed by atoms with Crippen LogP contribution in [-0.4, -0.2) is 45.1 Å². The molecule has 1 aromatic heterocycles. The summed E-state index contributed by atoms with van der Waals surface area (Å²) >= 11 is 0. The molecule has 1 saturated heterocycles. The highest BCUT2D eigenvalue weighted by atomic mass is 32.2. The first-order chi connectivity index (χ1) is 15.2. The molecule has 0 spiro atoms. The number of non-ortho nitro benzene ring substituents is 1. The Kier molecular flexibility index (Phi) is 5.70. The zero-order chi connectivity index (χ0) is 23.0. The van der Waals surface area contributed by atoms with Gasteiger partial charge in [-0.05, 0) is 37.5 Å². The maximum absolute atomic E-state index is 13.2. The zero-order valence-corrected chi connectivity index (χ0v) is 18.5. The number of hydrogen-bond acceptors (Lipinski definition) is 6. The van der Waals surface area contributed by atoms with Gasteiger partial charge in [-0.25, -0.2) is 22.5 Å². The third-order valence-corrected chi connectivity index (χ3v) is 7.82. The van der Waals surface area contributed by atoms with Gasteiger partial charge in [0.05, 0.1) is 15.5 Å². The van der Waals surface area contributed by atoms with Gasteiger partial charge in [-0.3, -0.25) is 10.1 Å². The number of benzene rings is 2. The fraction of sp³-hybridized carbons (Fsp3) is 0.333. The van der Waals surface area contributed by atoms with Crippen LogP contribution >= 0.6 is 0 Å². The third kappa shape index (κ3) is 3.84. The number of aryl methyl sites for hydroxylation is 2. The number of aromatic nitrogens is 3. The molecule has 0 N–H and O–H groups in total. The maximum atomic E-state index is 13.2. The topological polar surface area (TPSA) is 120 Å². The summed E-state index contributed by atoms with van der Waals surface area (Å²) in [5, 5.41) is 15.5. The summed E-state index contributed by atoms with van der Waals surface area (Å²) in [7, 11) is -2.29. The van der Waals surface area contributed by atoms with Gasteiger partial charge in [0, 0.05) is 38.2 Å².